The van der Waals surface area contributed by atoms with Gasteiger partial charge in [0.05, 0.1) is 0 Å². The molecule has 1 unspecified atom stereocenters. The van der Waals surface area contributed by atoms with Crippen LogP contribution in [-0.4, -0.2) is 0 Å². The maximum absolute atomic E-state index is 3.97. The molecule has 1 atom stereocenters. The Kier molecular flexibility index (Phi) is 14.6. The van der Waals surface area contributed by atoms with Crippen LogP contribution in [0.2, 0.25) is 0 Å². The van der Waals surface area contributed by atoms with E-state index in [2.05, 4.69) is 55.4 Å². The summed E-state index contributed by atoms with van der Waals surface area (Å²) in [5.41, 5.74) is 0.335. The molecule has 0 spiro atoms. The van der Waals surface area contributed by atoms with Crippen molar-refractivity contribution in [1.82, 2.24) is 0 Å². The fourth-order valence-corrected chi connectivity index (χ4v) is 0.433. The van der Waals surface area contributed by atoms with Crippen molar-refractivity contribution >= 4 is 0 Å². The van der Waals surface area contributed by atoms with Gasteiger partial charge < -0.3 is 19.8 Å². The van der Waals surface area contributed by atoms with Crippen LogP contribution in [0.1, 0.15) is 48.0 Å². The first kappa shape index (κ1) is 19.6. The Morgan fingerprint density at radius 1 is 1.15 bits per heavy atom. The SMILES string of the molecule is C[C-](C)C.[CH2-]CC([CH2-])C(C)(C)C.[Y+3]. The predicted octanol–water partition coefficient (Wildman–Crippen LogP) is 4.33. The summed E-state index contributed by atoms with van der Waals surface area (Å²) in [7, 11) is 0. The average molecular weight is 258 g/mol. The minimum Gasteiger partial charge on any atom is -0.345 e. The first-order chi connectivity index (χ1) is 5.21. The van der Waals surface area contributed by atoms with Crippen LogP contribution in [0.25, 0.3) is 0 Å². The number of hydrogen-bond acceptors (Lipinski definition) is 0. The molecule has 0 aliphatic rings. The van der Waals surface area contributed by atoms with E-state index < -0.39 is 0 Å². The summed E-state index contributed by atoms with van der Waals surface area (Å²) in [6, 6.07) is 0. The molecular weight excluding hydrogens is 233 g/mol. The van der Waals surface area contributed by atoms with Crippen molar-refractivity contribution in [2.75, 3.05) is 0 Å². The smallest absolute Gasteiger partial charge is 0.345 e. The molecule has 0 saturated heterocycles. The maximum atomic E-state index is 3.97. The third-order valence-electron chi connectivity index (χ3n) is 1.57. The van der Waals surface area contributed by atoms with Gasteiger partial charge in [-0.1, -0.05) is 26.2 Å². The predicted molar refractivity (Wildman–Crippen MR) is 58.5 cm³/mol. The molecule has 0 aromatic rings. The van der Waals surface area contributed by atoms with Gasteiger partial charge in [0.2, 0.25) is 0 Å². The molecule has 0 aromatic heterocycles. The van der Waals surface area contributed by atoms with Gasteiger partial charge in [-0.15, -0.1) is 0 Å². The van der Waals surface area contributed by atoms with Crippen molar-refractivity contribution in [2.24, 2.45) is 11.3 Å². The first-order valence-corrected chi connectivity index (χ1v) is 4.61. The molecule has 76 valence electrons. The van der Waals surface area contributed by atoms with Gasteiger partial charge in [-0.25, -0.2) is 6.42 Å². The van der Waals surface area contributed by atoms with Gasteiger partial charge in [0.15, 0.2) is 0 Å². The average Bonchev–Trinajstić information content (AvgIpc) is 1.82. The Morgan fingerprint density at radius 3 is 1.38 bits per heavy atom. The van der Waals surface area contributed by atoms with Crippen LogP contribution in [0.3, 0.4) is 0 Å². The molecule has 1 heteroatoms. The molecule has 0 radical (unpaired) electrons. The normalized spacial score (nSPS) is 12.7. The molecule has 0 bridgehead atoms. The molecule has 0 aliphatic carbocycles. The quantitative estimate of drug-likeness (QED) is 0.614. The summed E-state index contributed by atoms with van der Waals surface area (Å²) in [5, 5.41) is 0. The van der Waals surface area contributed by atoms with Crippen LogP contribution in [0, 0.1) is 31.1 Å². The minimum absolute atomic E-state index is 0. The van der Waals surface area contributed by atoms with Gasteiger partial charge in [0.1, 0.15) is 0 Å². The van der Waals surface area contributed by atoms with Crippen LogP contribution < -0.4 is 0 Å². The van der Waals surface area contributed by atoms with Gasteiger partial charge in [-0.05, 0) is 0 Å². The van der Waals surface area contributed by atoms with E-state index in [-0.39, 0.29) is 32.7 Å². The molecule has 0 fully saturated rings. The second kappa shape index (κ2) is 9.65. The van der Waals surface area contributed by atoms with E-state index in [1.807, 2.05) is 0 Å². The van der Waals surface area contributed by atoms with Gasteiger partial charge in [-0.3, -0.25) is 0 Å². The van der Waals surface area contributed by atoms with Crippen LogP contribution in [0.5, 0.6) is 0 Å². The maximum Gasteiger partial charge on any atom is 3.00 e. The molecule has 0 rings (SSSR count). The Morgan fingerprint density at radius 2 is 1.38 bits per heavy atom. The Labute approximate surface area is 111 Å². The summed E-state index contributed by atoms with van der Waals surface area (Å²) in [6.45, 7) is 20.6. The molecule has 0 N–H and O–H groups in total. The molecule has 0 saturated carbocycles. The van der Waals surface area contributed by atoms with Crippen LogP contribution in [-0.2, 0) is 32.7 Å². The van der Waals surface area contributed by atoms with Crippen molar-refractivity contribution < 1.29 is 32.7 Å². The van der Waals surface area contributed by atoms with Crippen molar-refractivity contribution in [2.45, 2.75) is 48.0 Å². The second-order valence-electron chi connectivity index (χ2n) is 4.85. The molecule has 0 nitrogen and oxygen atoms in total. The molecular formula is C12H25Y. The van der Waals surface area contributed by atoms with E-state index in [0.29, 0.717) is 11.3 Å². The third kappa shape index (κ3) is 19.5. The summed E-state index contributed by atoms with van der Waals surface area (Å²) in [5.74, 6) is 1.91. The Balaban J connectivity index is -0.000000173. The second-order valence-corrected chi connectivity index (χ2v) is 4.85. The van der Waals surface area contributed by atoms with Crippen molar-refractivity contribution in [3.8, 4) is 0 Å². The Hall–Kier alpha value is 1.10. The van der Waals surface area contributed by atoms with Crippen LogP contribution in [0.15, 0.2) is 0 Å². The van der Waals surface area contributed by atoms with E-state index in [9.17, 15) is 0 Å². The van der Waals surface area contributed by atoms with E-state index in [1.165, 1.54) is 5.92 Å². The number of hydrogen-bond donors (Lipinski definition) is 0. The summed E-state index contributed by atoms with van der Waals surface area (Å²) in [6.07, 6.45) is 0.934. The molecule has 0 aliphatic heterocycles. The standard InChI is InChI=1S/C8H16.C4H9.Y/c1-6-7(2)8(3,4)5;1-4(2)3;/h7H,1-2,6H2,3-5H3;1-3H3;/q-2;-1;+3. The fraction of sp³-hybridized carbons (Fsp3) is 0.750. The van der Waals surface area contributed by atoms with Crippen molar-refractivity contribution in [3.63, 3.8) is 0 Å². The van der Waals surface area contributed by atoms with Gasteiger partial charge in [0, 0.05) is 0 Å². The minimum atomic E-state index is 0. The zero-order valence-corrected chi connectivity index (χ0v) is 13.1. The Bertz CT molecular complexity index is 87.0. The molecule has 0 aromatic carbocycles. The topological polar surface area (TPSA) is 0 Å². The van der Waals surface area contributed by atoms with E-state index in [0.717, 1.165) is 6.42 Å². The van der Waals surface area contributed by atoms with Gasteiger partial charge in [-0.2, -0.15) is 26.7 Å². The van der Waals surface area contributed by atoms with Gasteiger partial charge >= 0.3 is 32.7 Å². The van der Waals surface area contributed by atoms with Crippen LogP contribution in [0.4, 0.5) is 0 Å². The summed E-state index contributed by atoms with van der Waals surface area (Å²) < 4.78 is 0. The summed E-state index contributed by atoms with van der Waals surface area (Å²) in [4.78, 5) is 0. The molecule has 0 amide bonds. The summed E-state index contributed by atoms with van der Waals surface area (Å²) >= 11 is 0. The zero-order valence-electron chi connectivity index (χ0n) is 10.3. The molecule has 13 heavy (non-hydrogen) atoms. The zero-order chi connectivity index (χ0) is 10.4. The van der Waals surface area contributed by atoms with E-state index in [1.54, 1.807) is 0 Å². The molecule has 0 heterocycles. The number of rotatable bonds is 1. The third-order valence-corrected chi connectivity index (χ3v) is 1.57. The van der Waals surface area contributed by atoms with Crippen LogP contribution >= 0.6 is 0 Å². The van der Waals surface area contributed by atoms with E-state index >= 15 is 0 Å². The van der Waals surface area contributed by atoms with Gasteiger partial charge in [0.25, 0.3) is 0 Å². The van der Waals surface area contributed by atoms with E-state index in [4.69, 9.17) is 0 Å². The monoisotopic (exact) mass is 258 g/mol. The van der Waals surface area contributed by atoms with Crippen molar-refractivity contribution in [1.29, 1.82) is 0 Å². The fourth-order valence-electron chi connectivity index (χ4n) is 0.433. The van der Waals surface area contributed by atoms with Crippen molar-refractivity contribution in [3.05, 3.63) is 19.8 Å². The first-order valence-electron chi connectivity index (χ1n) is 4.61. The largest absolute Gasteiger partial charge is 3.00 e.